The summed E-state index contributed by atoms with van der Waals surface area (Å²) in [5.41, 5.74) is 9.89. The molecular weight excluding hydrogens is 717 g/mol. The molecule has 3 aromatic heterocycles. The number of anilines is 3. The van der Waals surface area contributed by atoms with Crippen LogP contribution >= 0.6 is 11.3 Å². The lowest BCUT2D eigenvalue weighted by atomic mass is 10.0. The van der Waals surface area contributed by atoms with Gasteiger partial charge in [-0.1, -0.05) is 133 Å². The van der Waals surface area contributed by atoms with Gasteiger partial charge in [0.25, 0.3) is 0 Å². The first-order valence-electron chi connectivity index (χ1n) is 18.9. The lowest BCUT2D eigenvalue weighted by molar-refractivity contribution is 0.669. The fourth-order valence-corrected chi connectivity index (χ4v) is 9.00. The Morgan fingerprint density at radius 3 is 1.72 bits per heavy atom. The smallest absolute Gasteiger partial charge is 0.164 e. The quantitative estimate of drug-likeness (QED) is 0.162. The number of aromatic nitrogens is 3. The molecule has 0 radical (unpaired) electrons. The molecule has 11 aromatic rings. The number of thiophene rings is 1. The van der Waals surface area contributed by atoms with Crippen molar-refractivity contribution in [3.05, 3.63) is 194 Å². The minimum absolute atomic E-state index is 0.602. The molecule has 0 aliphatic rings. The molecule has 0 atom stereocenters. The van der Waals surface area contributed by atoms with Crippen molar-refractivity contribution in [2.24, 2.45) is 0 Å². The second-order valence-corrected chi connectivity index (χ2v) is 15.1. The summed E-state index contributed by atoms with van der Waals surface area (Å²) < 4.78 is 9.14. The van der Waals surface area contributed by atoms with E-state index in [1.807, 2.05) is 84.1 Å². The molecular formula is C51H32N4OS. The summed E-state index contributed by atoms with van der Waals surface area (Å²) in [5, 5.41) is 4.53. The van der Waals surface area contributed by atoms with Crippen LogP contribution in [-0.2, 0) is 0 Å². The van der Waals surface area contributed by atoms with Gasteiger partial charge in [0.2, 0.25) is 0 Å². The zero-order valence-electron chi connectivity index (χ0n) is 30.6. The van der Waals surface area contributed by atoms with Crippen LogP contribution in [0, 0.1) is 0 Å². The maximum absolute atomic E-state index is 6.57. The third-order valence-electron chi connectivity index (χ3n) is 10.5. The number of rotatable bonds is 7. The Kier molecular flexibility index (Phi) is 7.93. The molecule has 0 amide bonds. The first kappa shape index (κ1) is 33.0. The van der Waals surface area contributed by atoms with Gasteiger partial charge in [0, 0.05) is 59.0 Å². The molecule has 5 nitrogen and oxygen atoms in total. The van der Waals surface area contributed by atoms with Gasteiger partial charge < -0.3 is 9.32 Å². The van der Waals surface area contributed by atoms with Crippen LogP contribution in [0.4, 0.5) is 17.1 Å². The van der Waals surface area contributed by atoms with Crippen LogP contribution in [0.3, 0.4) is 0 Å². The Bertz CT molecular complexity index is 3170. The van der Waals surface area contributed by atoms with E-state index in [0.717, 1.165) is 66.8 Å². The fourth-order valence-electron chi connectivity index (χ4n) is 7.87. The van der Waals surface area contributed by atoms with Crippen LogP contribution in [0.1, 0.15) is 0 Å². The Morgan fingerprint density at radius 2 is 0.982 bits per heavy atom. The molecule has 0 saturated heterocycles. The molecule has 0 fully saturated rings. The van der Waals surface area contributed by atoms with Crippen molar-refractivity contribution < 1.29 is 4.42 Å². The SMILES string of the molecule is c1ccc(-c2nc(-c3ccccc3)nc(-c3cccc4oc5cc(-c6ccc(N(c7ccccc7)c7cccc8sc9ccccc9c78)cc6)ccc5c34)n2)cc1. The van der Waals surface area contributed by atoms with Gasteiger partial charge in [0.1, 0.15) is 11.2 Å². The van der Waals surface area contributed by atoms with Gasteiger partial charge in [0.15, 0.2) is 17.5 Å². The van der Waals surface area contributed by atoms with Gasteiger partial charge in [0.05, 0.1) is 5.69 Å². The summed E-state index contributed by atoms with van der Waals surface area (Å²) in [4.78, 5) is 17.3. The highest BCUT2D eigenvalue weighted by Gasteiger charge is 2.20. The highest BCUT2D eigenvalue weighted by molar-refractivity contribution is 7.26. The van der Waals surface area contributed by atoms with Gasteiger partial charge >= 0.3 is 0 Å². The fraction of sp³-hybridized carbons (Fsp3) is 0. The second-order valence-electron chi connectivity index (χ2n) is 14.0. The molecule has 0 aliphatic carbocycles. The summed E-state index contributed by atoms with van der Waals surface area (Å²) in [6, 6.07) is 67.4. The molecule has 3 heterocycles. The molecule has 0 N–H and O–H groups in total. The summed E-state index contributed by atoms with van der Waals surface area (Å²) >= 11 is 1.84. The van der Waals surface area contributed by atoms with Gasteiger partial charge in [-0.2, -0.15) is 0 Å². The average Bonchev–Trinajstić information content (AvgIpc) is 3.86. The molecule has 0 unspecified atom stereocenters. The summed E-state index contributed by atoms with van der Waals surface area (Å²) in [5.74, 6) is 1.85. The zero-order valence-corrected chi connectivity index (χ0v) is 31.4. The van der Waals surface area contributed by atoms with Gasteiger partial charge in [-0.15, -0.1) is 11.3 Å². The number of hydrogen-bond donors (Lipinski definition) is 0. The Balaban J connectivity index is 0.998. The molecule has 0 bridgehead atoms. The zero-order chi connectivity index (χ0) is 37.7. The lowest BCUT2D eigenvalue weighted by Crippen LogP contribution is -2.10. The third-order valence-corrected chi connectivity index (χ3v) is 11.7. The largest absolute Gasteiger partial charge is 0.456 e. The number of fused-ring (bicyclic) bond motifs is 6. The van der Waals surface area contributed by atoms with Gasteiger partial charge in [-0.25, -0.2) is 15.0 Å². The van der Waals surface area contributed by atoms with E-state index >= 15 is 0 Å². The van der Waals surface area contributed by atoms with E-state index in [4.69, 9.17) is 19.4 Å². The number of para-hydroxylation sites is 1. The van der Waals surface area contributed by atoms with Crippen LogP contribution < -0.4 is 4.90 Å². The average molecular weight is 749 g/mol. The van der Waals surface area contributed by atoms with Crippen molar-refractivity contribution in [2.75, 3.05) is 4.90 Å². The summed E-state index contributed by atoms with van der Waals surface area (Å²) in [6.07, 6.45) is 0. The van der Waals surface area contributed by atoms with E-state index in [2.05, 4.69) is 126 Å². The molecule has 57 heavy (non-hydrogen) atoms. The Labute approximate surface area is 332 Å². The first-order chi connectivity index (χ1) is 28.2. The summed E-state index contributed by atoms with van der Waals surface area (Å²) in [7, 11) is 0. The molecule has 8 aromatic carbocycles. The minimum atomic E-state index is 0.602. The normalized spacial score (nSPS) is 11.5. The standard InChI is InChI=1S/C51H32N4OS/c1-4-14-34(15-5-1)49-52-50(35-16-6-2-7-17-35)54-51(53-49)41-21-12-23-43-47(41)39-31-28-36(32-44(39)56-43)33-26-29-38(30-27-33)55(37-18-8-3-9-19-37)42-22-13-25-46-48(42)40-20-10-11-24-45(40)57-46/h1-32H. The van der Waals surface area contributed by atoms with Crippen LogP contribution in [-0.4, -0.2) is 15.0 Å². The van der Waals surface area contributed by atoms with Crippen molar-refractivity contribution in [1.82, 2.24) is 15.0 Å². The molecule has 268 valence electrons. The van der Waals surface area contributed by atoms with Crippen molar-refractivity contribution >= 4 is 70.5 Å². The van der Waals surface area contributed by atoms with Crippen LogP contribution in [0.2, 0.25) is 0 Å². The van der Waals surface area contributed by atoms with E-state index in [1.54, 1.807) is 0 Å². The third kappa shape index (κ3) is 5.82. The van der Waals surface area contributed by atoms with E-state index in [1.165, 1.54) is 20.2 Å². The van der Waals surface area contributed by atoms with Crippen molar-refractivity contribution in [1.29, 1.82) is 0 Å². The van der Waals surface area contributed by atoms with E-state index in [9.17, 15) is 0 Å². The van der Waals surface area contributed by atoms with Crippen LogP contribution in [0.15, 0.2) is 199 Å². The molecule has 11 rings (SSSR count). The van der Waals surface area contributed by atoms with Crippen LogP contribution in [0.25, 0.3) is 87.4 Å². The lowest BCUT2D eigenvalue weighted by Gasteiger charge is -2.26. The van der Waals surface area contributed by atoms with Gasteiger partial charge in [-0.05, 0) is 71.8 Å². The maximum Gasteiger partial charge on any atom is 0.164 e. The van der Waals surface area contributed by atoms with Gasteiger partial charge in [-0.3, -0.25) is 0 Å². The number of furan rings is 1. The van der Waals surface area contributed by atoms with Crippen LogP contribution in [0.5, 0.6) is 0 Å². The van der Waals surface area contributed by atoms with E-state index < -0.39 is 0 Å². The highest BCUT2D eigenvalue weighted by atomic mass is 32.1. The maximum atomic E-state index is 6.57. The number of nitrogens with zero attached hydrogens (tertiary/aromatic N) is 4. The predicted octanol–water partition coefficient (Wildman–Crippen LogP) is 14.3. The number of benzene rings is 8. The highest BCUT2D eigenvalue weighted by Crippen LogP contribution is 2.45. The second kappa shape index (κ2) is 13.7. The first-order valence-corrected chi connectivity index (χ1v) is 19.8. The van der Waals surface area contributed by atoms with Crippen molar-refractivity contribution in [3.8, 4) is 45.3 Å². The Morgan fingerprint density at radius 1 is 0.386 bits per heavy atom. The van der Waals surface area contributed by atoms with Crippen molar-refractivity contribution in [2.45, 2.75) is 0 Å². The predicted molar refractivity (Wildman–Crippen MR) is 236 cm³/mol. The molecule has 0 saturated carbocycles. The molecule has 6 heteroatoms. The molecule has 0 aliphatic heterocycles. The Hall–Kier alpha value is -7.41. The summed E-state index contributed by atoms with van der Waals surface area (Å²) in [6.45, 7) is 0. The molecule has 0 spiro atoms. The van der Waals surface area contributed by atoms with E-state index in [0.29, 0.717) is 17.5 Å². The monoisotopic (exact) mass is 748 g/mol. The number of hydrogen-bond acceptors (Lipinski definition) is 6. The minimum Gasteiger partial charge on any atom is -0.456 e. The van der Waals surface area contributed by atoms with Crippen molar-refractivity contribution in [3.63, 3.8) is 0 Å². The van der Waals surface area contributed by atoms with E-state index in [-0.39, 0.29) is 0 Å². The topological polar surface area (TPSA) is 55.1 Å².